The molecule has 0 bridgehead atoms. The third-order valence-corrected chi connectivity index (χ3v) is 9.78. The number of Topliss-reactive ketones (excluding diaryl/α,β-unsaturated/α-hetero) is 1. The summed E-state index contributed by atoms with van der Waals surface area (Å²) in [5.41, 5.74) is 4.37. The van der Waals surface area contributed by atoms with Crippen molar-refractivity contribution in [3.05, 3.63) is 64.7 Å². The van der Waals surface area contributed by atoms with Gasteiger partial charge in [-0.25, -0.2) is 0 Å². The van der Waals surface area contributed by atoms with E-state index in [1.807, 2.05) is 38.1 Å². The second-order valence-electron chi connectivity index (χ2n) is 13.3. The van der Waals surface area contributed by atoms with Crippen LogP contribution in [0.15, 0.2) is 42.5 Å². The molecule has 1 saturated heterocycles. The molecule has 1 aliphatic heterocycles. The summed E-state index contributed by atoms with van der Waals surface area (Å²) in [4.78, 5) is 18.8. The van der Waals surface area contributed by atoms with Crippen molar-refractivity contribution >= 4 is 17.7 Å². The summed E-state index contributed by atoms with van der Waals surface area (Å²) >= 11 is 0. The molecule has 0 amide bonds. The van der Waals surface area contributed by atoms with Gasteiger partial charge in [0.05, 0.1) is 11.8 Å². The highest BCUT2D eigenvalue weighted by atomic mass is 16.5. The van der Waals surface area contributed by atoms with Crippen molar-refractivity contribution in [1.29, 1.82) is 10.8 Å². The Morgan fingerprint density at radius 2 is 1.74 bits per heavy atom. The fraction of sp³-hybridized carbons (Fsp3) is 0.595. The van der Waals surface area contributed by atoms with Crippen LogP contribution in [0.3, 0.4) is 0 Å². The normalized spacial score (nSPS) is 18.3. The molecule has 4 rings (SSSR count). The summed E-state index contributed by atoms with van der Waals surface area (Å²) in [5.74, 6) is 0.622. The van der Waals surface area contributed by atoms with Crippen LogP contribution in [0.25, 0.3) is 0 Å². The zero-order chi connectivity index (χ0) is 30.8. The number of piperazine rings is 1. The highest BCUT2D eigenvalue weighted by Gasteiger charge is 2.36. The molecule has 2 aromatic rings. The minimum atomic E-state index is -0.369. The first-order valence-electron chi connectivity index (χ1n) is 16.6. The predicted molar refractivity (Wildman–Crippen MR) is 178 cm³/mol. The van der Waals surface area contributed by atoms with Crippen molar-refractivity contribution in [3.8, 4) is 5.75 Å². The number of rotatable bonds is 15. The lowest BCUT2D eigenvalue weighted by molar-refractivity contribution is -0.112. The first-order valence-corrected chi connectivity index (χ1v) is 16.6. The maximum atomic E-state index is 13.5. The molecule has 2 aliphatic rings. The lowest BCUT2D eigenvalue weighted by Gasteiger charge is -2.42. The van der Waals surface area contributed by atoms with Gasteiger partial charge in [-0.3, -0.25) is 9.69 Å². The lowest BCUT2D eigenvalue weighted by atomic mass is 9.69. The molecule has 0 spiro atoms. The van der Waals surface area contributed by atoms with Crippen LogP contribution in [-0.2, 0) is 16.6 Å². The Balaban J connectivity index is 1.50. The van der Waals surface area contributed by atoms with Gasteiger partial charge in [0.25, 0.3) is 0 Å². The molecular formula is C37H54N4O2. The van der Waals surface area contributed by atoms with E-state index < -0.39 is 0 Å². The van der Waals surface area contributed by atoms with Gasteiger partial charge >= 0.3 is 0 Å². The van der Waals surface area contributed by atoms with Crippen molar-refractivity contribution in [3.63, 3.8) is 0 Å². The molecule has 43 heavy (non-hydrogen) atoms. The summed E-state index contributed by atoms with van der Waals surface area (Å²) in [6.45, 7) is 13.6. The third kappa shape index (κ3) is 9.33. The number of ether oxygens (including phenoxy) is 1. The lowest BCUT2D eigenvalue weighted by Crippen LogP contribution is -2.51. The Morgan fingerprint density at radius 3 is 2.42 bits per heavy atom. The number of aryl methyl sites for hydroxylation is 2. The summed E-state index contributed by atoms with van der Waals surface area (Å²) in [5, 5.41) is 16.9. The summed E-state index contributed by atoms with van der Waals surface area (Å²) < 4.78 is 5.84. The highest BCUT2D eigenvalue weighted by Crippen LogP contribution is 2.38. The van der Waals surface area contributed by atoms with E-state index in [1.54, 1.807) is 0 Å². The molecule has 6 heteroatoms. The molecule has 0 radical (unpaired) electrons. The molecule has 1 heterocycles. The van der Waals surface area contributed by atoms with Gasteiger partial charge in [0.1, 0.15) is 5.75 Å². The second kappa shape index (κ2) is 15.8. The highest BCUT2D eigenvalue weighted by molar-refractivity contribution is 6.39. The van der Waals surface area contributed by atoms with Gasteiger partial charge in [-0.05, 0) is 107 Å². The molecule has 2 N–H and O–H groups in total. The molecule has 2 aromatic carbocycles. The number of hydrogen-bond acceptors (Lipinski definition) is 6. The Kier molecular flexibility index (Phi) is 12.1. The third-order valence-electron chi connectivity index (χ3n) is 9.78. The van der Waals surface area contributed by atoms with Crippen LogP contribution >= 0.6 is 0 Å². The molecular weight excluding hydrogens is 532 g/mol. The molecule has 2 fully saturated rings. The molecule has 0 aromatic heterocycles. The van der Waals surface area contributed by atoms with E-state index in [9.17, 15) is 4.79 Å². The number of ketones is 1. The average Bonchev–Trinajstić information content (AvgIpc) is 3.00. The van der Waals surface area contributed by atoms with Crippen LogP contribution in [0.5, 0.6) is 5.75 Å². The smallest absolute Gasteiger partial charge is 0.180 e. The summed E-state index contributed by atoms with van der Waals surface area (Å²) in [6, 6.07) is 15.1. The average molecular weight is 587 g/mol. The maximum absolute atomic E-state index is 13.5. The van der Waals surface area contributed by atoms with Crippen LogP contribution in [0.4, 0.5) is 0 Å². The van der Waals surface area contributed by atoms with Gasteiger partial charge in [0.2, 0.25) is 0 Å². The van der Waals surface area contributed by atoms with Crippen LogP contribution in [0, 0.1) is 24.7 Å². The van der Waals surface area contributed by atoms with E-state index in [4.69, 9.17) is 15.6 Å². The molecule has 0 unspecified atom stereocenters. The maximum Gasteiger partial charge on any atom is 0.180 e. The van der Waals surface area contributed by atoms with Crippen LogP contribution in [-0.4, -0.2) is 72.4 Å². The monoisotopic (exact) mass is 586 g/mol. The molecule has 6 nitrogen and oxygen atoms in total. The van der Waals surface area contributed by atoms with Crippen molar-refractivity contribution < 1.29 is 9.53 Å². The number of hydrogen-bond donors (Lipinski definition) is 2. The van der Waals surface area contributed by atoms with Crippen LogP contribution in [0.2, 0.25) is 0 Å². The molecule has 1 saturated carbocycles. The van der Waals surface area contributed by atoms with Crippen LogP contribution < -0.4 is 4.74 Å². The number of carbonyl (C=O) groups is 1. The van der Waals surface area contributed by atoms with Gasteiger partial charge in [-0.1, -0.05) is 49.6 Å². The Labute approximate surface area is 260 Å². The minimum Gasteiger partial charge on any atom is -0.491 e. The van der Waals surface area contributed by atoms with Gasteiger partial charge in [0.15, 0.2) is 5.78 Å². The van der Waals surface area contributed by atoms with E-state index in [0.717, 1.165) is 62.9 Å². The fourth-order valence-electron chi connectivity index (χ4n) is 7.01. The Morgan fingerprint density at radius 1 is 1.00 bits per heavy atom. The molecule has 1 aliphatic carbocycles. The number of carbonyl (C=O) groups excluding carboxylic acids is 1. The van der Waals surface area contributed by atoms with Gasteiger partial charge in [0, 0.05) is 50.5 Å². The Hall–Kier alpha value is -2.83. The minimum absolute atomic E-state index is 0.0620. The fourth-order valence-corrected chi connectivity index (χ4v) is 7.01. The zero-order valence-corrected chi connectivity index (χ0v) is 27.1. The van der Waals surface area contributed by atoms with Gasteiger partial charge in [-0.2, -0.15) is 0 Å². The Bertz CT molecular complexity index is 1230. The van der Waals surface area contributed by atoms with E-state index in [-0.39, 0.29) is 29.4 Å². The van der Waals surface area contributed by atoms with Crippen molar-refractivity contribution in [2.24, 2.45) is 0 Å². The standard InChI is InChI=1S/C37H54N4O2/c1-28(2)43-34-13-8-10-31(25-34)26-36(42)35(39)27-37(16-9-18-38,32-15-14-29(3)30(4)24-32)17-19-40-20-22-41(23-21-40)33-11-6-5-7-12-33/h8,10,13-15,18,24-25,28,33,38-39H,5-7,9,11-12,16-17,19-23,26-27H2,1-4H3/t37-/m0/s1. The van der Waals surface area contributed by atoms with Crippen molar-refractivity contribution in [1.82, 2.24) is 9.80 Å². The van der Waals surface area contributed by atoms with E-state index in [1.165, 1.54) is 55.0 Å². The molecule has 1 atom stereocenters. The second-order valence-corrected chi connectivity index (χ2v) is 13.3. The quantitative estimate of drug-likeness (QED) is 0.214. The van der Waals surface area contributed by atoms with Gasteiger partial charge < -0.3 is 20.5 Å². The van der Waals surface area contributed by atoms with Crippen molar-refractivity contribution in [2.75, 3.05) is 32.7 Å². The largest absolute Gasteiger partial charge is 0.491 e. The molecule has 234 valence electrons. The van der Waals surface area contributed by atoms with E-state index in [2.05, 4.69) is 41.8 Å². The number of nitrogens with one attached hydrogen (secondary N) is 2. The summed E-state index contributed by atoms with van der Waals surface area (Å²) in [7, 11) is 0. The first-order chi connectivity index (χ1) is 20.7. The predicted octanol–water partition coefficient (Wildman–Crippen LogP) is 7.32. The van der Waals surface area contributed by atoms with E-state index in [0.29, 0.717) is 12.8 Å². The SMILES string of the molecule is Cc1ccc([C@@](CCC=N)(CCN2CCN(C3CCCCC3)CC2)CC(=N)C(=O)Cc2cccc(OC(C)C)c2)cc1C. The summed E-state index contributed by atoms with van der Waals surface area (Å²) in [6.07, 6.45) is 11.3. The van der Waals surface area contributed by atoms with Gasteiger partial charge in [-0.15, -0.1) is 0 Å². The zero-order valence-electron chi connectivity index (χ0n) is 27.1. The van der Waals surface area contributed by atoms with E-state index >= 15 is 0 Å². The number of nitrogens with zero attached hydrogens (tertiary/aromatic N) is 2. The van der Waals surface area contributed by atoms with Crippen molar-refractivity contribution in [2.45, 2.75) is 109 Å². The number of benzene rings is 2. The topological polar surface area (TPSA) is 80.5 Å². The van der Waals surface area contributed by atoms with Crippen LogP contribution in [0.1, 0.15) is 93.9 Å². The first kappa shape index (κ1) is 33.1.